The van der Waals surface area contributed by atoms with E-state index in [4.69, 9.17) is 16.9 Å². The average molecular weight is 306 g/mol. The van der Waals surface area contributed by atoms with Crippen LogP contribution >= 0.6 is 34.2 Å². The zero-order chi connectivity index (χ0) is 10.0. The molecule has 1 aromatic carbocycles. The standard InChI is InChI=1S/C9H5ClINO/c1-5(13)7-2-6(4-12)9(11)3-8(7)10/h2-3H,1H3. The Morgan fingerprint density at radius 2 is 2.23 bits per heavy atom. The Balaban J connectivity index is 3.41. The third-order valence-electron chi connectivity index (χ3n) is 1.56. The molecule has 0 aliphatic heterocycles. The molecule has 0 saturated heterocycles. The predicted octanol–water partition coefficient (Wildman–Crippen LogP) is 3.02. The van der Waals surface area contributed by atoms with Crippen LogP contribution in [0.3, 0.4) is 0 Å². The number of benzene rings is 1. The summed E-state index contributed by atoms with van der Waals surface area (Å²) in [7, 11) is 0. The van der Waals surface area contributed by atoms with Crippen LogP contribution < -0.4 is 0 Å². The van der Waals surface area contributed by atoms with E-state index >= 15 is 0 Å². The summed E-state index contributed by atoms with van der Waals surface area (Å²) in [6.45, 7) is 1.43. The molecule has 2 nitrogen and oxygen atoms in total. The lowest BCUT2D eigenvalue weighted by molar-refractivity contribution is 0.101. The molecule has 13 heavy (non-hydrogen) atoms. The number of Topliss-reactive ketones (excluding diaryl/α,β-unsaturated/α-hetero) is 1. The molecule has 0 heterocycles. The molecule has 0 unspecified atom stereocenters. The van der Waals surface area contributed by atoms with Crippen molar-refractivity contribution in [2.45, 2.75) is 6.92 Å². The van der Waals surface area contributed by atoms with Gasteiger partial charge in [-0.25, -0.2) is 0 Å². The fraction of sp³-hybridized carbons (Fsp3) is 0.111. The van der Waals surface area contributed by atoms with E-state index in [2.05, 4.69) is 0 Å². The molecule has 1 rings (SSSR count). The van der Waals surface area contributed by atoms with Crippen LogP contribution in [0.1, 0.15) is 22.8 Å². The highest BCUT2D eigenvalue weighted by atomic mass is 127. The normalized spacial score (nSPS) is 9.38. The Labute approximate surface area is 94.6 Å². The molecule has 0 bridgehead atoms. The summed E-state index contributed by atoms with van der Waals surface area (Å²) >= 11 is 7.83. The van der Waals surface area contributed by atoms with Crippen molar-refractivity contribution in [2.24, 2.45) is 0 Å². The van der Waals surface area contributed by atoms with Crippen molar-refractivity contribution in [3.05, 3.63) is 31.9 Å². The van der Waals surface area contributed by atoms with Gasteiger partial charge in [-0.3, -0.25) is 4.79 Å². The maximum Gasteiger partial charge on any atom is 0.161 e. The number of nitrogens with zero attached hydrogens (tertiary/aromatic N) is 1. The van der Waals surface area contributed by atoms with Gasteiger partial charge < -0.3 is 0 Å². The quantitative estimate of drug-likeness (QED) is 0.591. The zero-order valence-corrected chi connectivity index (χ0v) is 9.68. The van der Waals surface area contributed by atoms with Crippen LogP contribution in [-0.2, 0) is 0 Å². The molecule has 0 saturated carbocycles. The zero-order valence-electron chi connectivity index (χ0n) is 6.77. The largest absolute Gasteiger partial charge is 0.294 e. The van der Waals surface area contributed by atoms with E-state index in [-0.39, 0.29) is 5.78 Å². The van der Waals surface area contributed by atoms with Crippen LogP contribution in [0.4, 0.5) is 0 Å². The van der Waals surface area contributed by atoms with Crippen LogP contribution in [0.15, 0.2) is 12.1 Å². The van der Waals surface area contributed by atoms with Crippen LogP contribution in [0, 0.1) is 14.9 Å². The van der Waals surface area contributed by atoms with Crippen molar-refractivity contribution in [3.8, 4) is 6.07 Å². The molecular formula is C9H5ClINO. The van der Waals surface area contributed by atoms with Crippen LogP contribution in [-0.4, -0.2) is 5.78 Å². The van der Waals surface area contributed by atoms with Crippen molar-refractivity contribution in [1.29, 1.82) is 5.26 Å². The van der Waals surface area contributed by atoms with Gasteiger partial charge in [0.25, 0.3) is 0 Å². The second kappa shape index (κ2) is 4.07. The highest BCUT2D eigenvalue weighted by Gasteiger charge is 2.09. The minimum Gasteiger partial charge on any atom is -0.294 e. The van der Waals surface area contributed by atoms with Crippen molar-refractivity contribution in [3.63, 3.8) is 0 Å². The van der Waals surface area contributed by atoms with Crippen LogP contribution in [0.2, 0.25) is 5.02 Å². The molecular weight excluding hydrogens is 300 g/mol. The third kappa shape index (κ3) is 2.20. The Kier molecular flexibility index (Phi) is 3.28. The summed E-state index contributed by atoms with van der Waals surface area (Å²) in [5, 5.41) is 9.11. The maximum atomic E-state index is 11.0. The molecule has 0 radical (unpaired) electrons. The first kappa shape index (κ1) is 10.5. The van der Waals surface area contributed by atoms with Crippen LogP contribution in [0.25, 0.3) is 0 Å². The summed E-state index contributed by atoms with van der Waals surface area (Å²) in [6.07, 6.45) is 0. The lowest BCUT2D eigenvalue weighted by Gasteiger charge is -2.01. The molecule has 0 N–H and O–H groups in total. The number of rotatable bonds is 1. The number of carbonyl (C=O) groups excluding carboxylic acids is 1. The highest BCUT2D eigenvalue weighted by Crippen LogP contribution is 2.22. The molecule has 0 amide bonds. The van der Waals surface area contributed by atoms with Gasteiger partial charge in [0.05, 0.1) is 10.6 Å². The SMILES string of the molecule is CC(=O)c1cc(C#N)c(I)cc1Cl. The van der Waals surface area contributed by atoms with Gasteiger partial charge >= 0.3 is 0 Å². The minimum atomic E-state index is -0.127. The van der Waals surface area contributed by atoms with E-state index in [9.17, 15) is 4.79 Å². The summed E-state index contributed by atoms with van der Waals surface area (Å²) < 4.78 is 0.759. The van der Waals surface area contributed by atoms with Gasteiger partial charge in [-0.2, -0.15) is 5.26 Å². The van der Waals surface area contributed by atoms with Gasteiger partial charge in [0, 0.05) is 9.13 Å². The first-order valence-corrected chi connectivity index (χ1v) is 4.92. The predicted molar refractivity (Wildman–Crippen MR) is 58.9 cm³/mol. The van der Waals surface area contributed by atoms with E-state index in [0.717, 1.165) is 3.57 Å². The number of carbonyl (C=O) groups is 1. The van der Waals surface area contributed by atoms with Gasteiger partial charge in [0.2, 0.25) is 0 Å². The molecule has 4 heteroatoms. The van der Waals surface area contributed by atoms with Crippen molar-refractivity contribution in [1.82, 2.24) is 0 Å². The second-order valence-electron chi connectivity index (χ2n) is 2.48. The Bertz CT molecular complexity index is 409. The minimum absolute atomic E-state index is 0.127. The summed E-state index contributed by atoms with van der Waals surface area (Å²) in [4.78, 5) is 11.0. The fourth-order valence-electron chi connectivity index (χ4n) is 0.904. The topological polar surface area (TPSA) is 40.9 Å². The van der Waals surface area contributed by atoms with E-state index in [0.29, 0.717) is 16.1 Å². The lowest BCUT2D eigenvalue weighted by Crippen LogP contribution is -1.96. The maximum absolute atomic E-state index is 11.0. The van der Waals surface area contributed by atoms with Gasteiger partial charge in [-0.05, 0) is 41.6 Å². The van der Waals surface area contributed by atoms with Gasteiger partial charge in [0.15, 0.2) is 5.78 Å². The van der Waals surface area contributed by atoms with Gasteiger partial charge in [-0.15, -0.1) is 0 Å². The molecule has 0 aromatic heterocycles. The number of hydrogen-bond donors (Lipinski definition) is 0. The van der Waals surface area contributed by atoms with Crippen molar-refractivity contribution < 1.29 is 4.79 Å². The first-order valence-electron chi connectivity index (χ1n) is 3.46. The molecule has 0 aliphatic rings. The first-order chi connectivity index (χ1) is 6.06. The summed E-state index contributed by atoms with van der Waals surface area (Å²) in [5.41, 5.74) is 0.883. The molecule has 1 aromatic rings. The Hall–Kier alpha value is -0.600. The third-order valence-corrected chi connectivity index (χ3v) is 2.76. The monoisotopic (exact) mass is 305 g/mol. The number of ketones is 1. The summed E-state index contributed by atoms with van der Waals surface area (Å²) in [5.74, 6) is -0.127. The van der Waals surface area contributed by atoms with Crippen LogP contribution in [0.5, 0.6) is 0 Å². The van der Waals surface area contributed by atoms with E-state index < -0.39 is 0 Å². The molecule has 0 fully saturated rings. The van der Waals surface area contributed by atoms with Gasteiger partial charge in [-0.1, -0.05) is 11.6 Å². The van der Waals surface area contributed by atoms with Crippen molar-refractivity contribution in [2.75, 3.05) is 0 Å². The molecule has 0 aliphatic carbocycles. The molecule has 0 spiro atoms. The number of halogens is 2. The van der Waals surface area contributed by atoms with E-state index in [1.807, 2.05) is 28.7 Å². The molecule has 0 atom stereocenters. The number of nitriles is 1. The van der Waals surface area contributed by atoms with E-state index in [1.54, 1.807) is 6.07 Å². The van der Waals surface area contributed by atoms with Crippen molar-refractivity contribution >= 4 is 40.0 Å². The second-order valence-corrected chi connectivity index (χ2v) is 4.05. The number of hydrogen-bond acceptors (Lipinski definition) is 2. The van der Waals surface area contributed by atoms with Gasteiger partial charge in [0.1, 0.15) is 6.07 Å². The molecule has 66 valence electrons. The highest BCUT2D eigenvalue weighted by molar-refractivity contribution is 14.1. The average Bonchev–Trinajstić information content (AvgIpc) is 2.03. The lowest BCUT2D eigenvalue weighted by atomic mass is 10.1. The fourth-order valence-corrected chi connectivity index (χ4v) is 1.97. The van der Waals surface area contributed by atoms with E-state index in [1.165, 1.54) is 13.0 Å². The smallest absolute Gasteiger partial charge is 0.161 e. The Morgan fingerprint density at radius 3 is 2.69 bits per heavy atom. The Morgan fingerprint density at radius 1 is 1.62 bits per heavy atom. The summed E-state index contributed by atoms with van der Waals surface area (Å²) in [6, 6.07) is 5.14.